The first-order valence-corrected chi connectivity index (χ1v) is 12.2. The first-order chi connectivity index (χ1) is 17.0. The summed E-state index contributed by atoms with van der Waals surface area (Å²) in [5.41, 5.74) is 4.59. The maximum atomic E-state index is 13.5. The topological polar surface area (TPSA) is 66.8 Å². The Balaban J connectivity index is 1.88. The van der Waals surface area contributed by atoms with E-state index in [1.54, 1.807) is 4.90 Å². The van der Waals surface area contributed by atoms with Crippen molar-refractivity contribution in [3.63, 3.8) is 0 Å². The van der Waals surface area contributed by atoms with E-state index in [9.17, 15) is 14.7 Å². The Kier molecular flexibility index (Phi) is 6.77. The van der Waals surface area contributed by atoms with Gasteiger partial charge in [0, 0.05) is 11.1 Å². The number of amides is 1. The summed E-state index contributed by atoms with van der Waals surface area (Å²) in [5.74, 6) is -0.819. The largest absolute Gasteiger partial charge is 0.507 e. The zero-order valence-electron chi connectivity index (χ0n) is 21.8. The number of aliphatic hydroxyl groups is 1. The summed E-state index contributed by atoms with van der Waals surface area (Å²) in [6, 6.07) is 20.2. The fourth-order valence-electron chi connectivity index (χ4n) is 4.61. The van der Waals surface area contributed by atoms with Gasteiger partial charge in [-0.3, -0.25) is 9.59 Å². The Morgan fingerprint density at radius 2 is 1.61 bits per heavy atom. The van der Waals surface area contributed by atoms with Crippen molar-refractivity contribution < 1.29 is 19.4 Å². The molecule has 1 unspecified atom stereocenters. The summed E-state index contributed by atoms with van der Waals surface area (Å²) < 4.78 is 6.15. The van der Waals surface area contributed by atoms with E-state index in [1.807, 2.05) is 108 Å². The van der Waals surface area contributed by atoms with E-state index in [4.69, 9.17) is 4.74 Å². The third-order valence-corrected chi connectivity index (χ3v) is 6.28. The van der Waals surface area contributed by atoms with Crippen LogP contribution in [-0.4, -0.2) is 27.3 Å². The van der Waals surface area contributed by atoms with Crippen molar-refractivity contribution in [3.8, 4) is 5.75 Å². The molecule has 0 saturated carbocycles. The molecule has 1 amide bonds. The van der Waals surface area contributed by atoms with Crippen LogP contribution in [0.1, 0.15) is 60.2 Å². The molecule has 1 saturated heterocycles. The fraction of sp³-hybridized carbons (Fsp3) is 0.290. The number of carbonyl (C=O) groups excluding carboxylic acids is 2. The average Bonchev–Trinajstić information content (AvgIpc) is 3.05. The Morgan fingerprint density at radius 1 is 0.917 bits per heavy atom. The number of hydrogen-bond acceptors (Lipinski definition) is 4. The molecular formula is C31H33NO4. The van der Waals surface area contributed by atoms with Gasteiger partial charge in [-0.15, -0.1) is 0 Å². The summed E-state index contributed by atoms with van der Waals surface area (Å²) >= 11 is 0. The highest BCUT2D eigenvalue weighted by molar-refractivity contribution is 6.46. The normalized spacial score (nSPS) is 17.5. The SMILES string of the molecule is Cc1cccc(C2/C(=C(\O)c3cc(C)ccc3C)C(=O)C(=O)N2Cc2ccccc2OC(C)(C)C)c1. The molecule has 1 aliphatic rings. The molecule has 1 N–H and O–H groups in total. The summed E-state index contributed by atoms with van der Waals surface area (Å²) in [5, 5.41) is 11.5. The van der Waals surface area contributed by atoms with Gasteiger partial charge in [-0.2, -0.15) is 0 Å². The van der Waals surface area contributed by atoms with Gasteiger partial charge in [0.1, 0.15) is 17.1 Å². The molecule has 0 bridgehead atoms. The zero-order valence-corrected chi connectivity index (χ0v) is 21.8. The minimum absolute atomic E-state index is 0.105. The molecule has 186 valence electrons. The number of ketones is 1. The van der Waals surface area contributed by atoms with E-state index >= 15 is 0 Å². The Bertz CT molecular complexity index is 1360. The van der Waals surface area contributed by atoms with Crippen LogP contribution < -0.4 is 4.74 Å². The zero-order chi connectivity index (χ0) is 26.2. The standard InChI is InChI=1S/C31H33NO4/c1-19-10-9-12-22(16-19)27-26(28(33)24-17-20(2)14-15-21(24)3)29(34)30(35)32(27)18-23-11-7-8-13-25(23)36-31(4,5)6/h7-17,27,33H,18H2,1-6H3/b28-26+. The highest BCUT2D eigenvalue weighted by Crippen LogP contribution is 2.42. The second-order valence-corrected chi connectivity index (χ2v) is 10.5. The molecule has 5 heteroatoms. The minimum atomic E-state index is -0.729. The number of aliphatic hydroxyl groups excluding tert-OH is 1. The number of nitrogens with zero attached hydrogens (tertiary/aromatic N) is 1. The van der Waals surface area contributed by atoms with Crippen molar-refractivity contribution in [2.24, 2.45) is 0 Å². The second kappa shape index (κ2) is 9.65. The van der Waals surface area contributed by atoms with Crippen molar-refractivity contribution in [1.29, 1.82) is 0 Å². The highest BCUT2D eigenvalue weighted by atomic mass is 16.5. The Hall–Kier alpha value is -3.86. The van der Waals surface area contributed by atoms with Gasteiger partial charge < -0.3 is 14.7 Å². The number of carbonyl (C=O) groups is 2. The van der Waals surface area contributed by atoms with Crippen molar-refractivity contribution in [3.05, 3.63) is 106 Å². The first kappa shape index (κ1) is 25.2. The second-order valence-electron chi connectivity index (χ2n) is 10.5. The molecule has 0 radical (unpaired) electrons. The molecule has 1 aliphatic heterocycles. The van der Waals surface area contributed by atoms with Crippen molar-refractivity contribution >= 4 is 17.4 Å². The number of rotatable bonds is 5. The van der Waals surface area contributed by atoms with Crippen LogP contribution in [0, 0.1) is 20.8 Å². The first-order valence-electron chi connectivity index (χ1n) is 12.2. The number of aryl methyl sites for hydroxylation is 3. The molecule has 3 aromatic rings. The predicted molar refractivity (Wildman–Crippen MR) is 142 cm³/mol. The number of Topliss-reactive ketones (excluding diaryl/α,β-unsaturated/α-hetero) is 1. The molecular weight excluding hydrogens is 450 g/mol. The van der Waals surface area contributed by atoms with Crippen LogP contribution in [0.2, 0.25) is 0 Å². The van der Waals surface area contributed by atoms with Crippen LogP contribution in [-0.2, 0) is 16.1 Å². The summed E-state index contributed by atoms with van der Waals surface area (Å²) in [7, 11) is 0. The monoisotopic (exact) mass is 483 g/mol. The number of para-hydroxylation sites is 1. The third kappa shape index (κ3) is 5.06. The lowest BCUT2D eigenvalue weighted by atomic mass is 9.92. The van der Waals surface area contributed by atoms with Crippen LogP contribution in [0.15, 0.2) is 72.3 Å². The van der Waals surface area contributed by atoms with Gasteiger partial charge in [0.15, 0.2) is 0 Å². The molecule has 0 aromatic heterocycles. The van der Waals surface area contributed by atoms with E-state index in [2.05, 4.69) is 0 Å². The molecule has 4 rings (SSSR count). The molecule has 5 nitrogen and oxygen atoms in total. The van der Waals surface area contributed by atoms with E-state index in [1.165, 1.54) is 0 Å². The van der Waals surface area contributed by atoms with Gasteiger partial charge in [-0.05, 0) is 64.8 Å². The van der Waals surface area contributed by atoms with Gasteiger partial charge in [-0.25, -0.2) is 0 Å². The minimum Gasteiger partial charge on any atom is -0.507 e. The van der Waals surface area contributed by atoms with E-state index in [0.29, 0.717) is 11.3 Å². The van der Waals surface area contributed by atoms with Crippen molar-refractivity contribution in [1.82, 2.24) is 4.90 Å². The molecule has 1 fully saturated rings. The molecule has 0 spiro atoms. The third-order valence-electron chi connectivity index (χ3n) is 6.28. The van der Waals surface area contributed by atoms with E-state index in [0.717, 1.165) is 27.8 Å². The maximum Gasteiger partial charge on any atom is 0.295 e. The van der Waals surface area contributed by atoms with Gasteiger partial charge >= 0.3 is 0 Å². The van der Waals surface area contributed by atoms with Crippen LogP contribution in [0.4, 0.5) is 0 Å². The van der Waals surface area contributed by atoms with Gasteiger partial charge in [0.25, 0.3) is 11.7 Å². The lowest BCUT2D eigenvalue weighted by Gasteiger charge is -2.28. The predicted octanol–water partition coefficient (Wildman–Crippen LogP) is 6.41. The lowest BCUT2D eigenvalue weighted by molar-refractivity contribution is -0.140. The van der Waals surface area contributed by atoms with E-state index < -0.39 is 23.3 Å². The van der Waals surface area contributed by atoms with Crippen LogP contribution in [0.5, 0.6) is 5.75 Å². The molecule has 0 aliphatic carbocycles. The van der Waals surface area contributed by atoms with E-state index in [-0.39, 0.29) is 17.9 Å². The Morgan fingerprint density at radius 3 is 2.31 bits per heavy atom. The van der Waals surface area contributed by atoms with Gasteiger partial charge in [0.05, 0.1) is 18.2 Å². The molecule has 1 heterocycles. The summed E-state index contributed by atoms with van der Waals surface area (Å²) in [6.45, 7) is 11.8. The fourth-order valence-corrected chi connectivity index (χ4v) is 4.61. The summed E-state index contributed by atoms with van der Waals surface area (Å²) in [6.07, 6.45) is 0. The molecule has 1 atom stereocenters. The summed E-state index contributed by atoms with van der Waals surface area (Å²) in [4.78, 5) is 28.5. The number of benzene rings is 3. The molecule has 3 aromatic carbocycles. The quantitative estimate of drug-likeness (QED) is 0.259. The number of hydrogen-bond donors (Lipinski definition) is 1. The maximum absolute atomic E-state index is 13.5. The molecule has 36 heavy (non-hydrogen) atoms. The lowest BCUT2D eigenvalue weighted by Crippen LogP contribution is -2.30. The Labute approximate surface area is 213 Å². The highest BCUT2D eigenvalue weighted by Gasteiger charge is 2.46. The smallest absolute Gasteiger partial charge is 0.295 e. The van der Waals surface area contributed by atoms with Crippen LogP contribution >= 0.6 is 0 Å². The van der Waals surface area contributed by atoms with Crippen molar-refractivity contribution in [2.45, 2.75) is 59.7 Å². The van der Waals surface area contributed by atoms with Gasteiger partial charge in [-0.1, -0.05) is 65.7 Å². The number of likely N-dealkylation sites (tertiary alicyclic amines) is 1. The number of ether oxygens (including phenoxy) is 1. The van der Waals surface area contributed by atoms with Crippen LogP contribution in [0.25, 0.3) is 5.76 Å². The van der Waals surface area contributed by atoms with Crippen molar-refractivity contribution in [2.75, 3.05) is 0 Å². The average molecular weight is 484 g/mol. The van der Waals surface area contributed by atoms with Crippen LogP contribution in [0.3, 0.4) is 0 Å². The van der Waals surface area contributed by atoms with Gasteiger partial charge in [0.2, 0.25) is 0 Å².